The van der Waals surface area contributed by atoms with Gasteiger partial charge in [0.1, 0.15) is 5.76 Å². The van der Waals surface area contributed by atoms with E-state index in [9.17, 15) is 0 Å². The Morgan fingerprint density at radius 1 is 1.42 bits per heavy atom. The maximum Gasteiger partial charge on any atom is 0.106 e. The van der Waals surface area contributed by atoms with Crippen LogP contribution >= 0.6 is 0 Å². The quantitative estimate of drug-likeness (QED) is 0.752. The Morgan fingerprint density at radius 3 is 2.50 bits per heavy atom. The number of rotatable bonds is 3. The molecule has 0 bridgehead atoms. The smallest absolute Gasteiger partial charge is 0.106 e. The van der Waals surface area contributed by atoms with E-state index in [-0.39, 0.29) is 12.5 Å². The van der Waals surface area contributed by atoms with Gasteiger partial charge < -0.3 is 9.52 Å². The van der Waals surface area contributed by atoms with Crippen molar-refractivity contribution in [2.75, 3.05) is 6.61 Å². The fourth-order valence-corrected chi connectivity index (χ4v) is 1.03. The summed E-state index contributed by atoms with van der Waals surface area (Å²) in [5, 5.41) is 8.89. The Morgan fingerprint density at radius 2 is 2.08 bits per heavy atom. The van der Waals surface area contributed by atoms with Crippen LogP contribution in [0.15, 0.2) is 16.7 Å². The van der Waals surface area contributed by atoms with E-state index < -0.39 is 0 Å². The largest absolute Gasteiger partial charge is 0.469 e. The Balaban J connectivity index is 2.77. The second-order valence-electron chi connectivity index (χ2n) is 3.52. The van der Waals surface area contributed by atoms with Gasteiger partial charge in [0.05, 0.1) is 6.26 Å². The van der Waals surface area contributed by atoms with Crippen molar-refractivity contribution in [1.29, 1.82) is 0 Å². The molecule has 0 saturated heterocycles. The van der Waals surface area contributed by atoms with Crippen molar-refractivity contribution in [1.82, 2.24) is 0 Å². The van der Waals surface area contributed by atoms with Crippen molar-refractivity contribution in [3.05, 3.63) is 23.7 Å². The van der Waals surface area contributed by atoms with Gasteiger partial charge in [-0.25, -0.2) is 0 Å². The minimum atomic E-state index is 0.178. The van der Waals surface area contributed by atoms with Crippen LogP contribution in [0.3, 0.4) is 0 Å². The van der Waals surface area contributed by atoms with Gasteiger partial charge in [-0.15, -0.1) is 0 Å². The fourth-order valence-electron chi connectivity index (χ4n) is 1.03. The van der Waals surface area contributed by atoms with Crippen LogP contribution in [0, 0.1) is 0 Å². The molecule has 0 aromatic carbocycles. The van der Waals surface area contributed by atoms with Gasteiger partial charge in [0, 0.05) is 18.4 Å². The van der Waals surface area contributed by atoms with Gasteiger partial charge in [-0.1, -0.05) is 20.8 Å². The highest BCUT2D eigenvalue weighted by atomic mass is 16.3. The summed E-state index contributed by atoms with van der Waals surface area (Å²) in [5.41, 5.74) is 1.08. The monoisotopic (exact) mass is 168 g/mol. The molecule has 0 saturated carbocycles. The number of aliphatic hydroxyl groups is 1. The number of furan rings is 1. The highest BCUT2D eigenvalue weighted by Crippen LogP contribution is 2.22. The molecule has 2 nitrogen and oxygen atoms in total. The third-order valence-corrected chi connectivity index (χ3v) is 2.05. The summed E-state index contributed by atoms with van der Waals surface area (Å²) in [6, 6.07) is 2.02. The predicted molar refractivity (Wildman–Crippen MR) is 48.3 cm³/mol. The van der Waals surface area contributed by atoms with Crippen molar-refractivity contribution in [2.24, 2.45) is 0 Å². The molecule has 1 aromatic heterocycles. The van der Waals surface area contributed by atoms with Gasteiger partial charge in [-0.3, -0.25) is 0 Å². The van der Waals surface area contributed by atoms with Gasteiger partial charge in [0.25, 0.3) is 0 Å². The lowest BCUT2D eigenvalue weighted by atomic mass is 10.0. The Kier molecular flexibility index (Phi) is 2.93. The van der Waals surface area contributed by atoms with E-state index in [2.05, 4.69) is 13.8 Å². The molecule has 0 aliphatic rings. The molecular formula is C10H16O2. The van der Waals surface area contributed by atoms with Crippen molar-refractivity contribution in [2.45, 2.75) is 32.6 Å². The third-order valence-electron chi connectivity index (χ3n) is 2.05. The van der Waals surface area contributed by atoms with Crippen LogP contribution in [0.1, 0.15) is 43.9 Å². The molecule has 0 spiro atoms. The van der Waals surface area contributed by atoms with Gasteiger partial charge in [0.2, 0.25) is 0 Å². The van der Waals surface area contributed by atoms with E-state index in [4.69, 9.17) is 9.52 Å². The van der Waals surface area contributed by atoms with Gasteiger partial charge in [0.15, 0.2) is 0 Å². The molecule has 1 atom stereocenters. The minimum Gasteiger partial charge on any atom is -0.469 e. The summed E-state index contributed by atoms with van der Waals surface area (Å²) in [7, 11) is 0. The third kappa shape index (κ3) is 1.89. The van der Waals surface area contributed by atoms with Gasteiger partial charge in [-0.05, 0) is 11.6 Å². The van der Waals surface area contributed by atoms with E-state index >= 15 is 0 Å². The molecule has 0 aliphatic heterocycles. The van der Waals surface area contributed by atoms with Crippen molar-refractivity contribution in [3.63, 3.8) is 0 Å². The molecule has 12 heavy (non-hydrogen) atoms. The first-order valence-electron chi connectivity index (χ1n) is 4.34. The first kappa shape index (κ1) is 9.33. The van der Waals surface area contributed by atoms with Crippen LogP contribution < -0.4 is 0 Å². The van der Waals surface area contributed by atoms with Crippen LogP contribution in [0.25, 0.3) is 0 Å². The molecule has 68 valence electrons. The highest BCUT2D eigenvalue weighted by molar-refractivity contribution is 5.18. The van der Waals surface area contributed by atoms with Crippen LogP contribution in [0.4, 0.5) is 0 Å². The Hall–Kier alpha value is -0.760. The second kappa shape index (κ2) is 3.76. The fraction of sp³-hybridized carbons (Fsp3) is 0.600. The van der Waals surface area contributed by atoms with Crippen molar-refractivity contribution in [3.8, 4) is 0 Å². The van der Waals surface area contributed by atoms with E-state index in [1.54, 1.807) is 6.26 Å². The average Bonchev–Trinajstić information content (AvgIpc) is 2.51. The summed E-state index contributed by atoms with van der Waals surface area (Å²) < 4.78 is 5.34. The molecule has 1 rings (SSSR count). The predicted octanol–water partition coefficient (Wildman–Crippen LogP) is 2.50. The molecule has 0 fully saturated rings. The maximum atomic E-state index is 8.89. The Labute approximate surface area is 73.2 Å². The zero-order valence-corrected chi connectivity index (χ0v) is 7.87. The summed E-state index contributed by atoms with van der Waals surface area (Å²) in [5.74, 6) is 1.59. The van der Waals surface area contributed by atoms with Gasteiger partial charge in [-0.2, -0.15) is 0 Å². The molecule has 0 amide bonds. The molecule has 0 aliphatic carbocycles. The first-order valence-corrected chi connectivity index (χ1v) is 4.34. The topological polar surface area (TPSA) is 33.4 Å². The van der Waals surface area contributed by atoms with Crippen molar-refractivity contribution < 1.29 is 9.52 Å². The molecule has 0 radical (unpaired) electrons. The molecule has 1 N–H and O–H groups in total. The van der Waals surface area contributed by atoms with E-state index in [0.717, 1.165) is 11.3 Å². The van der Waals surface area contributed by atoms with Crippen LogP contribution in [-0.4, -0.2) is 11.7 Å². The normalized spacial score (nSPS) is 13.8. The zero-order valence-electron chi connectivity index (χ0n) is 7.87. The second-order valence-corrected chi connectivity index (χ2v) is 3.52. The number of hydrogen-bond donors (Lipinski definition) is 1. The first-order chi connectivity index (χ1) is 5.65. The number of aliphatic hydroxyl groups excluding tert-OH is 1. The summed E-state index contributed by atoms with van der Waals surface area (Å²) in [4.78, 5) is 0. The lowest BCUT2D eigenvalue weighted by molar-refractivity contribution is 0.272. The lowest BCUT2D eigenvalue weighted by Crippen LogP contribution is -1.96. The lowest BCUT2D eigenvalue weighted by Gasteiger charge is -2.01. The molecule has 1 aromatic rings. The number of hydrogen-bond acceptors (Lipinski definition) is 2. The van der Waals surface area contributed by atoms with Crippen LogP contribution in [0.5, 0.6) is 0 Å². The summed E-state index contributed by atoms with van der Waals surface area (Å²) >= 11 is 0. The van der Waals surface area contributed by atoms with Crippen LogP contribution in [-0.2, 0) is 0 Å². The van der Waals surface area contributed by atoms with Crippen molar-refractivity contribution >= 4 is 0 Å². The van der Waals surface area contributed by atoms with Gasteiger partial charge >= 0.3 is 0 Å². The summed E-state index contributed by atoms with van der Waals surface area (Å²) in [6.07, 6.45) is 1.73. The average molecular weight is 168 g/mol. The Bertz CT molecular complexity index is 238. The molecule has 2 heteroatoms. The molecule has 1 unspecified atom stereocenters. The summed E-state index contributed by atoms with van der Waals surface area (Å²) in [6.45, 7) is 6.34. The molecule has 1 heterocycles. The SMILES string of the molecule is CC(C)c1cc(C(C)CO)co1. The van der Waals surface area contributed by atoms with Crippen LogP contribution in [0.2, 0.25) is 0 Å². The standard InChI is InChI=1S/C10H16O2/c1-7(2)10-4-9(6-12-10)8(3)5-11/h4,6-8,11H,5H2,1-3H3. The highest BCUT2D eigenvalue weighted by Gasteiger charge is 2.10. The maximum absolute atomic E-state index is 8.89. The van der Waals surface area contributed by atoms with E-state index in [0.29, 0.717) is 5.92 Å². The van der Waals surface area contributed by atoms with E-state index in [1.807, 2.05) is 13.0 Å². The van der Waals surface area contributed by atoms with E-state index in [1.165, 1.54) is 0 Å². The molecular weight excluding hydrogens is 152 g/mol. The minimum absolute atomic E-state index is 0.178. The zero-order chi connectivity index (χ0) is 9.14.